The lowest BCUT2D eigenvalue weighted by molar-refractivity contribution is -0.140. The summed E-state index contributed by atoms with van der Waals surface area (Å²) in [5.41, 5.74) is 1.76. The maximum atomic E-state index is 9.96. The molecule has 0 saturated carbocycles. The monoisotopic (exact) mass is 239 g/mol. The number of carbonyl (C=O) groups is 1. The second-order valence-electron chi connectivity index (χ2n) is 2.94. The molecular formula is C11H13NO3S. The molecule has 5 heteroatoms. The number of oxazole rings is 1. The number of nitrogens with one attached hydrogen (secondary N) is 1. The molecule has 1 aromatic heterocycles. The molecule has 1 N–H and O–H groups in total. The lowest BCUT2D eigenvalue weighted by Crippen LogP contribution is -1.94. The van der Waals surface area contributed by atoms with Crippen molar-refractivity contribution in [2.45, 2.75) is 13.3 Å². The third-order valence-electron chi connectivity index (χ3n) is 1.84. The molecule has 4 nitrogen and oxygen atoms in total. The Kier molecular flexibility index (Phi) is 4.72. The Morgan fingerprint density at radius 1 is 1.50 bits per heavy atom. The van der Waals surface area contributed by atoms with Gasteiger partial charge in [-0.3, -0.25) is 4.79 Å². The minimum Gasteiger partial charge on any atom is -0.469 e. The van der Waals surface area contributed by atoms with E-state index in [1.165, 1.54) is 7.11 Å². The SMILES string of the molecule is CCC(=O)OC.S=c1[nH]c2ccccc2o1. The van der Waals surface area contributed by atoms with Gasteiger partial charge in [-0.15, -0.1) is 0 Å². The van der Waals surface area contributed by atoms with Gasteiger partial charge in [0.1, 0.15) is 0 Å². The molecular weight excluding hydrogens is 226 g/mol. The van der Waals surface area contributed by atoms with Crippen molar-refractivity contribution in [2.75, 3.05) is 7.11 Å². The van der Waals surface area contributed by atoms with Gasteiger partial charge < -0.3 is 14.1 Å². The Morgan fingerprint density at radius 3 is 2.69 bits per heavy atom. The minimum atomic E-state index is -0.157. The number of aromatic nitrogens is 1. The largest absolute Gasteiger partial charge is 0.469 e. The van der Waals surface area contributed by atoms with Crippen molar-refractivity contribution in [1.29, 1.82) is 0 Å². The van der Waals surface area contributed by atoms with E-state index in [0.717, 1.165) is 11.1 Å². The maximum Gasteiger partial charge on any atom is 0.305 e. The number of hydrogen-bond donors (Lipinski definition) is 1. The molecule has 0 unspecified atom stereocenters. The summed E-state index contributed by atoms with van der Waals surface area (Å²) in [7, 11) is 1.38. The van der Waals surface area contributed by atoms with Crippen LogP contribution in [0.5, 0.6) is 0 Å². The summed E-state index contributed by atoms with van der Waals surface area (Å²) in [6.07, 6.45) is 0.469. The van der Waals surface area contributed by atoms with Gasteiger partial charge in [-0.1, -0.05) is 19.1 Å². The van der Waals surface area contributed by atoms with Gasteiger partial charge in [-0.2, -0.15) is 0 Å². The molecule has 0 atom stereocenters. The average Bonchev–Trinajstić information content (AvgIpc) is 2.68. The molecule has 0 aliphatic carbocycles. The quantitative estimate of drug-likeness (QED) is 0.613. The normalized spacial score (nSPS) is 9.38. The first-order chi connectivity index (χ1) is 7.67. The summed E-state index contributed by atoms with van der Waals surface area (Å²) in [4.78, 5) is 13.3. The predicted octanol–water partition coefficient (Wildman–Crippen LogP) is 3.06. The first-order valence-corrected chi connectivity index (χ1v) is 5.23. The Balaban J connectivity index is 0.000000187. The van der Waals surface area contributed by atoms with E-state index in [0.29, 0.717) is 11.3 Å². The number of esters is 1. The summed E-state index contributed by atoms with van der Waals surface area (Å²) >= 11 is 4.79. The second-order valence-corrected chi connectivity index (χ2v) is 3.31. The van der Waals surface area contributed by atoms with Crippen LogP contribution in [0.1, 0.15) is 13.3 Å². The van der Waals surface area contributed by atoms with Gasteiger partial charge in [0.2, 0.25) is 0 Å². The third-order valence-corrected chi connectivity index (χ3v) is 2.03. The Labute approximate surface area is 98.2 Å². The Morgan fingerprint density at radius 2 is 2.19 bits per heavy atom. The molecule has 0 aliphatic rings. The van der Waals surface area contributed by atoms with Crippen LogP contribution in [0.2, 0.25) is 0 Å². The van der Waals surface area contributed by atoms with Crippen LogP contribution in [0.3, 0.4) is 0 Å². The maximum absolute atomic E-state index is 9.96. The highest BCUT2D eigenvalue weighted by molar-refractivity contribution is 7.71. The molecule has 0 amide bonds. The van der Waals surface area contributed by atoms with Crippen LogP contribution in [0.25, 0.3) is 11.1 Å². The molecule has 0 saturated heterocycles. The van der Waals surface area contributed by atoms with Gasteiger partial charge >= 0.3 is 5.97 Å². The van der Waals surface area contributed by atoms with Crippen molar-refractivity contribution in [3.63, 3.8) is 0 Å². The summed E-state index contributed by atoms with van der Waals surface area (Å²) in [6, 6.07) is 7.65. The van der Waals surface area contributed by atoms with Gasteiger partial charge in [-0.05, 0) is 24.4 Å². The standard InChI is InChI=1S/C7H5NOS.C4H8O2/c10-7-8-5-3-1-2-4-6(5)9-7;1-3-4(5)6-2/h1-4H,(H,8,10);3H2,1-2H3. The van der Waals surface area contributed by atoms with Crippen LogP contribution in [0.4, 0.5) is 0 Å². The molecule has 86 valence electrons. The van der Waals surface area contributed by atoms with Crippen molar-refractivity contribution in [2.24, 2.45) is 0 Å². The summed E-state index contributed by atoms with van der Waals surface area (Å²) in [5, 5.41) is 0. The molecule has 0 aliphatic heterocycles. The van der Waals surface area contributed by atoms with Crippen molar-refractivity contribution < 1.29 is 13.9 Å². The van der Waals surface area contributed by atoms with Crippen LogP contribution >= 0.6 is 12.2 Å². The van der Waals surface area contributed by atoms with E-state index >= 15 is 0 Å². The lowest BCUT2D eigenvalue weighted by atomic mass is 10.3. The highest BCUT2D eigenvalue weighted by Crippen LogP contribution is 2.10. The van der Waals surface area contributed by atoms with Crippen LogP contribution < -0.4 is 0 Å². The fraction of sp³-hybridized carbons (Fsp3) is 0.273. The Hall–Kier alpha value is -1.62. The zero-order valence-corrected chi connectivity index (χ0v) is 9.97. The van der Waals surface area contributed by atoms with E-state index in [-0.39, 0.29) is 5.97 Å². The van der Waals surface area contributed by atoms with Crippen molar-refractivity contribution in [3.8, 4) is 0 Å². The number of aromatic amines is 1. The summed E-state index contributed by atoms with van der Waals surface area (Å²) < 4.78 is 9.39. The highest BCUT2D eigenvalue weighted by atomic mass is 32.1. The first kappa shape index (κ1) is 12.4. The first-order valence-electron chi connectivity index (χ1n) is 4.82. The number of rotatable bonds is 1. The molecule has 2 aromatic rings. The molecule has 16 heavy (non-hydrogen) atoms. The molecule has 2 rings (SSSR count). The highest BCUT2D eigenvalue weighted by Gasteiger charge is 1.93. The Bertz CT molecular complexity index is 473. The predicted molar refractivity (Wildman–Crippen MR) is 63.7 cm³/mol. The van der Waals surface area contributed by atoms with E-state index < -0.39 is 0 Å². The molecule has 0 fully saturated rings. The number of ether oxygens (including phenoxy) is 1. The zero-order valence-electron chi connectivity index (χ0n) is 9.15. The van der Waals surface area contributed by atoms with Gasteiger partial charge in [0.25, 0.3) is 4.84 Å². The van der Waals surface area contributed by atoms with Gasteiger partial charge in [0.15, 0.2) is 5.58 Å². The van der Waals surface area contributed by atoms with E-state index in [1.807, 2.05) is 24.3 Å². The number of methoxy groups -OCH3 is 1. The number of H-pyrrole nitrogens is 1. The van der Waals surface area contributed by atoms with Gasteiger partial charge in [0, 0.05) is 6.42 Å². The number of hydrogen-bond acceptors (Lipinski definition) is 4. The smallest absolute Gasteiger partial charge is 0.305 e. The fourth-order valence-electron chi connectivity index (χ4n) is 1.04. The molecule has 1 aromatic carbocycles. The van der Waals surface area contributed by atoms with Crippen molar-refractivity contribution >= 4 is 29.3 Å². The average molecular weight is 239 g/mol. The van der Waals surface area contributed by atoms with E-state index in [2.05, 4.69) is 9.72 Å². The lowest BCUT2D eigenvalue weighted by Gasteiger charge is -1.87. The van der Waals surface area contributed by atoms with Crippen LogP contribution in [-0.4, -0.2) is 18.1 Å². The minimum absolute atomic E-state index is 0.157. The zero-order chi connectivity index (χ0) is 12.0. The number of benzene rings is 1. The second kappa shape index (κ2) is 6.07. The molecule has 0 spiro atoms. The summed E-state index contributed by atoms with van der Waals surface area (Å²) in [6.45, 7) is 1.76. The van der Waals surface area contributed by atoms with E-state index in [4.69, 9.17) is 16.6 Å². The van der Waals surface area contributed by atoms with E-state index in [1.54, 1.807) is 6.92 Å². The van der Waals surface area contributed by atoms with Gasteiger partial charge in [-0.25, -0.2) is 0 Å². The van der Waals surface area contributed by atoms with Crippen molar-refractivity contribution in [3.05, 3.63) is 29.1 Å². The molecule has 0 bridgehead atoms. The van der Waals surface area contributed by atoms with Crippen LogP contribution in [-0.2, 0) is 9.53 Å². The van der Waals surface area contributed by atoms with Gasteiger partial charge in [0.05, 0.1) is 12.6 Å². The fourth-order valence-corrected chi connectivity index (χ4v) is 1.24. The molecule has 0 radical (unpaired) electrons. The number of fused-ring (bicyclic) bond motifs is 1. The number of para-hydroxylation sites is 2. The van der Waals surface area contributed by atoms with E-state index in [9.17, 15) is 4.79 Å². The summed E-state index contributed by atoms with van der Waals surface area (Å²) in [5.74, 6) is -0.157. The van der Waals surface area contributed by atoms with Crippen molar-refractivity contribution in [1.82, 2.24) is 4.98 Å². The third kappa shape index (κ3) is 3.51. The molecule has 1 heterocycles. The van der Waals surface area contributed by atoms with Crippen LogP contribution in [0, 0.1) is 4.84 Å². The topological polar surface area (TPSA) is 55.2 Å². The van der Waals surface area contributed by atoms with Crippen LogP contribution in [0.15, 0.2) is 28.7 Å². The number of carbonyl (C=O) groups excluding carboxylic acids is 1.